The van der Waals surface area contributed by atoms with E-state index in [1.54, 1.807) is 31.6 Å². The van der Waals surface area contributed by atoms with Crippen molar-refractivity contribution >= 4 is 28.7 Å². The molecule has 3 rings (SSSR count). The Morgan fingerprint density at radius 3 is 2.73 bits per heavy atom. The van der Waals surface area contributed by atoms with Gasteiger partial charge in [-0.2, -0.15) is 0 Å². The number of nitrogens with zero attached hydrogens (tertiary/aromatic N) is 4. The summed E-state index contributed by atoms with van der Waals surface area (Å²) in [5, 5.41) is 2.70. The molecule has 134 valence electrons. The van der Waals surface area contributed by atoms with Gasteiger partial charge in [-0.15, -0.1) is 0 Å². The number of aromatic nitrogens is 3. The summed E-state index contributed by atoms with van der Waals surface area (Å²) in [7, 11) is 1.50. The second-order valence-electron chi connectivity index (χ2n) is 5.61. The highest BCUT2D eigenvalue weighted by Crippen LogP contribution is 2.17. The van der Waals surface area contributed by atoms with Gasteiger partial charge in [-0.25, -0.2) is 14.8 Å². The number of anilines is 1. The van der Waals surface area contributed by atoms with Gasteiger partial charge < -0.3 is 15.0 Å². The fraction of sp³-hybridized carbons (Fsp3) is 0.222. The molecule has 2 amide bonds. The number of pyridine rings is 1. The SMILES string of the molecule is CCOC(=O)N(C)CC(=O)Nc1ccc(-n2cnc3ccccc32)nc1. The molecule has 1 N–H and O–H groups in total. The van der Waals surface area contributed by atoms with Crippen LogP contribution in [0, 0.1) is 0 Å². The first-order valence-electron chi connectivity index (χ1n) is 8.14. The highest BCUT2D eigenvalue weighted by molar-refractivity contribution is 5.93. The van der Waals surface area contributed by atoms with Crippen LogP contribution < -0.4 is 5.32 Å². The van der Waals surface area contributed by atoms with Gasteiger partial charge in [0.15, 0.2) is 0 Å². The minimum Gasteiger partial charge on any atom is -0.450 e. The molecule has 2 aromatic heterocycles. The lowest BCUT2D eigenvalue weighted by Crippen LogP contribution is -2.35. The molecule has 2 heterocycles. The summed E-state index contributed by atoms with van der Waals surface area (Å²) in [6.07, 6.45) is 2.73. The largest absolute Gasteiger partial charge is 0.450 e. The molecule has 0 radical (unpaired) electrons. The van der Waals surface area contributed by atoms with Gasteiger partial charge in [0.05, 0.1) is 29.5 Å². The first kappa shape index (κ1) is 17.4. The van der Waals surface area contributed by atoms with Crippen molar-refractivity contribution in [1.82, 2.24) is 19.4 Å². The summed E-state index contributed by atoms with van der Waals surface area (Å²) in [6.45, 7) is 1.87. The maximum absolute atomic E-state index is 12.0. The van der Waals surface area contributed by atoms with Crippen molar-refractivity contribution in [3.8, 4) is 5.82 Å². The molecule has 0 unspecified atom stereocenters. The summed E-state index contributed by atoms with van der Waals surface area (Å²) in [5.41, 5.74) is 2.38. The average molecular weight is 353 g/mol. The zero-order valence-corrected chi connectivity index (χ0v) is 14.5. The monoisotopic (exact) mass is 353 g/mol. The van der Waals surface area contributed by atoms with Gasteiger partial charge in [-0.1, -0.05) is 12.1 Å². The van der Waals surface area contributed by atoms with Gasteiger partial charge >= 0.3 is 6.09 Å². The van der Waals surface area contributed by atoms with Crippen LogP contribution in [0.15, 0.2) is 48.9 Å². The predicted octanol–water partition coefficient (Wildman–Crippen LogP) is 2.45. The van der Waals surface area contributed by atoms with E-state index >= 15 is 0 Å². The molecule has 0 spiro atoms. The number of imidazole rings is 1. The van der Waals surface area contributed by atoms with Gasteiger partial charge in [-0.3, -0.25) is 9.36 Å². The Labute approximate surface area is 150 Å². The third kappa shape index (κ3) is 3.80. The minimum atomic E-state index is -0.539. The molecule has 8 nitrogen and oxygen atoms in total. The van der Waals surface area contributed by atoms with Gasteiger partial charge in [0.1, 0.15) is 18.7 Å². The van der Waals surface area contributed by atoms with Crippen LogP contribution in [-0.2, 0) is 9.53 Å². The smallest absolute Gasteiger partial charge is 0.409 e. The Bertz CT molecular complexity index is 920. The van der Waals surface area contributed by atoms with E-state index in [1.807, 2.05) is 28.8 Å². The van der Waals surface area contributed by atoms with E-state index in [-0.39, 0.29) is 19.1 Å². The first-order valence-corrected chi connectivity index (χ1v) is 8.14. The molecule has 26 heavy (non-hydrogen) atoms. The van der Waals surface area contributed by atoms with Gasteiger partial charge in [0.2, 0.25) is 5.91 Å². The highest BCUT2D eigenvalue weighted by atomic mass is 16.6. The number of rotatable bonds is 5. The second-order valence-corrected chi connectivity index (χ2v) is 5.61. The maximum atomic E-state index is 12.0. The molecule has 1 aromatic carbocycles. The van der Waals surface area contributed by atoms with E-state index < -0.39 is 6.09 Å². The van der Waals surface area contributed by atoms with Gasteiger partial charge in [0.25, 0.3) is 0 Å². The molecule has 3 aromatic rings. The number of fused-ring (bicyclic) bond motifs is 1. The van der Waals surface area contributed by atoms with Crippen molar-refractivity contribution in [2.24, 2.45) is 0 Å². The van der Waals surface area contributed by atoms with Crippen LogP contribution in [0.4, 0.5) is 10.5 Å². The van der Waals surface area contributed by atoms with Crippen LogP contribution in [0.25, 0.3) is 16.9 Å². The van der Waals surface area contributed by atoms with Crippen molar-refractivity contribution in [2.75, 3.05) is 25.5 Å². The lowest BCUT2D eigenvalue weighted by molar-refractivity contribution is -0.116. The number of ether oxygens (including phenoxy) is 1. The highest BCUT2D eigenvalue weighted by Gasteiger charge is 2.14. The van der Waals surface area contributed by atoms with E-state index in [0.29, 0.717) is 11.5 Å². The van der Waals surface area contributed by atoms with Crippen molar-refractivity contribution in [1.29, 1.82) is 0 Å². The fourth-order valence-electron chi connectivity index (χ4n) is 2.46. The van der Waals surface area contributed by atoms with Crippen LogP contribution in [0.1, 0.15) is 6.92 Å². The maximum Gasteiger partial charge on any atom is 0.409 e. The van der Waals surface area contributed by atoms with Crippen molar-refractivity contribution in [3.63, 3.8) is 0 Å². The third-order valence-corrected chi connectivity index (χ3v) is 3.69. The van der Waals surface area contributed by atoms with Crippen LogP contribution in [0.5, 0.6) is 0 Å². The van der Waals surface area contributed by atoms with Crippen LogP contribution >= 0.6 is 0 Å². The second kappa shape index (κ2) is 7.64. The number of hydrogen-bond donors (Lipinski definition) is 1. The number of carbonyl (C=O) groups excluding carboxylic acids is 2. The van der Waals surface area contributed by atoms with Crippen LogP contribution in [-0.4, -0.2) is 51.6 Å². The molecule has 0 atom stereocenters. The Morgan fingerprint density at radius 2 is 2.00 bits per heavy atom. The Balaban J connectivity index is 1.66. The number of amides is 2. The Kier molecular flexibility index (Phi) is 5.12. The summed E-state index contributed by atoms with van der Waals surface area (Å²) in [5.74, 6) is 0.364. The van der Waals surface area contributed by atoms with Gasteiger partial charge in [-0.05, 0) is 31.2 Å². The molecule has 0 fully saturated rings. The van der Waals surface area contributed by atoms with Crippen molar-refractivity contribution in [3.05, 3.63) is 48.9 Å². The molecular formula is C18H19N5O3. The zero-order valence-electron chi connectivity index (χ0n) is 14.5. The molecule has 0 bridgehead atoms. The van der Waals surface area contributed by atoms with E-state index in [0.717, 1.165) is 11.0 Å². The zero-order chi connectivity index (χ0) is 18.5. The normalized spacial score (nSPS) is 10.5. The summed E-state index contributed by atoms with van der Waals surface area (Å²) in [6, 6.07) is 11.3. The standard InChI is InChI=1S/C18H19N5O3/c1-3-26-18(25)22(2)11-17(24)21-13-8-9-16(19-10-13)23-12-20-14-6-4-5-7-15(14)23/h4-10,12H,3,11H2,1-2H3,(H,21,24). The molecule has 0 aliphatic rings. The van der Waals surface area contributed by atoms with Crippen LogP contribution in [0.2, 0.25) is 0 Å². The molecule has 0 saturated carbocycles. The van der Waals surface area contributed by atoms with Crippen LogP contribution in [0.3, 0.4) is 0 Å². The third-order valence-electron chi connectivity index (χ3n) is 3.69. The van der Waals surface area contributed by atoms with Crippen molar-refractivity contribution in [2.45, 2.75) is 6.92 Å². The fourth-order valence-corrected chi connectivity index (χ4v) is 2.46. The number of para-hydroxylation sites is 2. The predicted molar refractivity (Wildman–Crippen MR) is 97.1 cm³/mol. The van der Waals surface area contributed by atoms with E-state index in [2.05, 4.69) is 15.3 Å². The molecule has 0 saturated heterocycles. The summed E-state index contributed by atoms with van der Waals surface area (Å²) < 4.78 is 6.70. The topological polar surface area (TPSA) is 89.4 Å². The minimum absolute atomic E-state index is 0.104. The molecule has 0 aliphatic carbocycles. The lowest BCUT2D eigenvalue weighted by Gasteiger charge is -2.15. The first-order chi connectivity index (χ1) is 12.6. The Hall–Kier alpha value is -3.42. The molecule has 0 aliphatic heterocycles. The van der Waals surface area contributed by atoms with Crippen molar-refractivity contribution < 1.29 is 14.3 Å². The number of nitrogens with one attached hydrogen (secondary N) is 1. The number of hydrogen-bond acceptors (Lipinski definition) is 5. The average Bonchev–Trinajstić information content (AvgIpc) is 3.06. The molecule has 8 heteroatoms. The summed E-state index contributed by atoms with van der Waals surface area (Å²) >= 11 is 0. The molecular weight excluding hydrogens is 334 g/mol. The number of benzene rings is 1. The summed E-state index contributed by atoms with van der Waals surface area (Å²) in [4.78, 5) is 33.4. The van der Waals surface area contributed by atoms with E-state index in [4.69, 9.17) is 4.74 Å². The Morgan fingerprint density at radius 1 is 1.19 bits per heavy atom. The number of carbonyl (C=O) groups is 2. The lowest BCUT2D eigenvalue weighted by atomic mass is 10.3. The number of likely N-dealkylation sites (N-methyl/N-ethyl adjacent to an activating group) is 1. The van der Waals surface area contributed by atoms with Gasteiger partial charge in [0, 0.05) is 7.05 Å². The van der Waals surface area contributed by atoms with E-state index in [9.17, 15) is 9.59 Å². The quantitative estimate of drug-likeness (QED) is 0.761. The van der Waals surface area contributed by atoms with E-state index in [1.165, 1.54) is 11.9 Å².